The van der Waals surface area contributed by atoms with Gasteiger partial charge in [0.05, 0.1) is 0 Å². The molecule has 0 unspecified atom stereocenters. The molecule has 3 N–H and O–H groups in total. The molecule has 0 aromatic carbocycles. The summed E-state index contributed by atoms with van der Waals surface area (Å²) in [5.41, 5.74) is 0. The molecule has 0 rings (SSSR count). The van der Waals surface area contributed by atoms with E-state index >= 15 is 0 Å². The molecule has 0 fully saturated rings. The molecule has 0 bridgehead atoms. The summed E-state index contributed by atoms with van der Waals surface area (Å²) in [7, 11) is 30.3. The summed E-state index contributed by atoms with van der Waals surface area (Å²) >= 11 is 0. The zero-order chi connectivity index (χ0) is 6.41. The minimum atomic E-state index is -5.22. The predicted octanol–water partition coefficient (Wildman–Crippen LogP) is 4.30. The van der Waals surface area contributed by atoms with E-state index in [-0.39, 0.29) is 6.15 Å². The van der Waals surface area contributed by atoms with Crippen molar-refractivity contribution in [3.05, 3.63) is 0 Å². The molecule has 0 aliphatic carbocycles. The van der Waals surface area contributed by atoms with Crippen molar-refractivity contribution in [1.29, 1.82) is 0 Å². The third-order valence-electron chi connectivity index (χ3n) is 0. The fourth-order valence-corrected chi connectivity index (χ4v) is 0. The van der Waals surface area contributed by atoms with Gasteiger partial charge in [0.2, 0.25) is 0 Å². The maximum absolute atomic E-state index is 5.22. The standard InChI is InChI=1S/6ClH.H3N.Ru/h6*1H;1H3;/q;;;;;;;+6/p-6. The van der Waals surface area contributed by atoms with Crippen molar-refractivity contribution < 1.29 is 6.48 Å². The molecule has 8 heteroatoms. The summed E-state index contributed by atoms with van der Waals surface area (Å²) in [5, 5.41) is 0. The zero-order valence-electron chi connectivity index (χ0n) is 3.33. The molecule has 0 spiro atoms. The van der Waals surface area contributed by atoms with E-state index in [9.17, 15) is 0 Å². The summed E-state index contributed by atoms with van der Waals surface area (Å²) < 4.78 is 0. The van der Waals surface area contributed by atoms with Gasteiger partial charge in [0.25, 0.3) is 0 Å². The van der Waals surface area contributed by atoms with Crippen LogP contribution in [0.5, 0.6) is 0 Å². The van der Waals surface area contributed by atoms with E-state index in [0.717, 1.165) is 0 Å². The van der Waals surface area contributed by atoms with Gasteiger partial charge >= 0.3 is 64.6 Å². The van der Waals surface area contributed by atoms with Crippen LogP contribution in [0.1, 0.15) is 0 Å². The second-order valence-corrected chi connectivity index (χ2v) is 40.3. The Kier molecular flexibility index (Phi) is 3.48. The van der Waals surface area contributed by atoms with Gasteiger partial charge in [-0.2, -0.15) is 0 Å². The first kappa shape index (κ1) is 13.0. The van der Waals surface area contributed by atoms with Gasteiger partial charge in [0, 0.05) is 0 Å². The molecule has 0 aromatic heterocycles. The molecule has 0 aliphatic heterocycles. The summed E-state index contributed by atoms with van der Waals surface area (Å²) in [4.78, 5) is 0. The van der Waals surface area contributed by atoms with Crippen molar-refractivity contribution in [2.75, 3.05) is 0 Å². The van der Waals surface area contributed by atoms with Gasteiger partial charge in [0.15, 0.2) is 0 Å². The van der Waals surface area contributed by atoms with Crippen molar-refractivity contribution in [1.82, 2.24) is 6.15 Å². The molecular formula is H3Cl6NRu. The molecule has 8 heavy (non-hydrogen) atoms. The summed E-state index contributed by atoms with van der Waals surface area (Å²) in [6.45, 7) is -5.22. The Labute approximate surface area is 70.0 Å². The summed E-state index contributed by atoms with van der Waals surface area (Å²) in [5.74, 6) is 0. The van der Waals surface area contributed by atoms with Gasteiger partial charge in [-0.05, 0) is 0 Å². The molecule has 0 amide bonds. The first-order valence-corrected chi connectivity index (χ1v) is 14.2. The van der Waals surface area contributed by atoms with Crippen molar-refractivity contribution in [3.63, 3.8) is 0 Å². The molecule has 0 saturated carbocycles. The van der Waals surface area contributed by atoms with E-state index in [1.54, 1.807) is 0 Å². The fraction of sp³-hybridized carbons (Fsp3) is 0. The first-order valence-electron chi connectivity index (χ1n) is 0.802. The SMILES string of the molecule is N.[Cl][Ru]([Cl])([Cl])([Cl])([Cl])[Cl]. The van der Waals surface area contributed by atoms with E-state index in [4.69, 9.17) is 58.1 Å². The zero-order valence-corrected chi connectivity index (χ0v) is 9.60. The Balaban J connectivity index is 0. The van der Waals surface area contributed by atoms with E-state index in [0.29, 0.717) is 0 Å². The van der Waals surface area contributed by atoms with Crippen LogP contribution in [0.3, 0.4) is 0 Å². The topological polar surface area (TPSA) is 35.0 Å². The van der Waals surface area contributed by atoms with Crippen molar-refractivity contribution in [2.24, 2.45) is 0 Å². The predicted molar refractivity (Wildman–Crippen MR) is 40.1 cm³/mol. The van der Waals surface area contributed by atoms with Crippen LogP contribution < -0.4 is 6.15 Å². The monoisotopic (exact) mass is 329 g/mol. The van der Waals surface area contributed by atoms with E-state index in [2.05, 4.69) is 0 Å². The van der Waals surface area contributed by atoms with Gasteiger partial charge in [-0.15, -0.1) is 0 Å². The van der Waals surface area contributed by atoms with Gasteiger partial charge < -0.3 is 6.15 Å². The third-order valence-corrected chi connectivity index (χ3v) is 0. The molecule has 0 aromatic rings. The van der Waals surface area contributed by atoms with Crippen LogP contribution in [0.4, 0.5) is 0 Å². The Morgan fingerprint density at radius 2 is 0.625 bits per heavy atom. The molecule has 0 aliphatic rings. The van der Waals surface area contributed by atoms with E-state index in [1.165, 1.54) is 0 Å². The van der Waals surface area contributed by atoms with Crippen LogP contribution in [-0.4, -0.2) is 0 Å². The average Bonchev–Trinajstić information content (AvgIpc) is 0.592. The Bertz CT molecular complexity index is 67.1. The van der Waals surface area contributed by atoms with Crippen LogP contribution in [0, 0.1) is 0 Å². The summed E-state index contributed by atoms with van der Waals surface area (Å²) in [6, 6.07) is 0. The van der Waals surface area contributed by atoms with Crippen LogP contribution in [0.15, 0.2) is 0 Å². The maximum atomic E-state index is 5.04. The average molecular weight is 331 g/mol. The number of hydrogen-bond acceptors (Lipinski definition) is 1. The number of hydrogen-bond donors (Lipinski definition) is 1. The van der Waals surface area contributed by atoms with Gasteiger partial charge in [-0.1, -0.05) is 0 Å². The normalized spacial score (nSPS) is 20.2. The molecule has 0 saturated heterocycles. The molecule has 0 heterocycles. The van der Waals surface area contributed by atoms with Crippen LogP contribution in [0.25, 0.3) is 0 Å². The molecular weight excluding hydrogens is 328 g/mol. The van der Waals surface area contributed by atoms with Crippen molar-refractivity contribution >= 4 is 58.1 Å². The molecule has 1 nitrogen and oxygen atoms in total. The number of rotatable bonds is 0. The van der Waals surface area contributed by atoms with Crippen LogP contribution >= 0.6 is 58.1 Å². The second-order valence-electron chi connectivity index (χ2n) is 0.758. The molecule has 0 radical (unpaired) electrons. The summed E-state index contributed by atoms with van der Waals surface area (Å²) in [6.07, 6.45) is 0. The molecule has 58 valence electrons. The van der Waals surface area contributed by atoms with E-state index in [1.807, 2.05) is 0 Å². The quantitative estimate of drug-likeness (QED) is 0.660. The molecule has 0 atom stereocenters. The van der Waals surface area contributed by atoms with Gasteiger partial charge in [-0.25, -0.2) is 0 Å². The Morgan fingerprint density at radius 3 is 0.625 bits per heavy atom. The second kappa shape index (κ2) is 2.15. The van der Waals surface area contributed by atoms with Gasteiger partial charge in [-0.3, -0.25) is 0 Å². The van der Waals surface area contributed by atoms with Crippen LogP contribution in [-0.2, 0) is 6.48 Å². The van der Waals surface area contributed by atoms with E-state index < -0.39 is 6.48 Å². The minimum absolute atomic E-state index is 0. The van der Waals surface area contributed by atoms with Crippen LogP contribution in [0.2, 0.25) is 0 Å². The van der Waals surface area contributed by atoms with Crippen molar-refractivity contribution in [3.8, 4) is 0 Å². The Morgan fingerprint density at radius 1 is 0.625 bits per heavy atom. The van der Waals surface area contributed by atoms with Gasteiger partial charge in [0.1, 0.15) is 0 Å². The Hall–Kier alpha value is 2.32. The fourth-order valence-electron chi connectivity index (χ4n) is 0. The van der Waals surface area contributed by atoms with Crippen molar-refractivity contribution in [2.45, 2.75) is 0 Å². The number of halogens is 6. The third kappa shape index (κ3) is 82.7. The first-order chi connectivity index (χ1) is 2.45.